The van der Waals surface area contributed by atoms with Gasteiger partial charge in [-0.3, -0.25) is 9.69 Å². The number of carbonyl (C=O) groups is 1. The van der Waals surface area contributed by atoms with E-state index < -0.39 is 0 Å². The number of rotatable bonds is 5. The van der Waals surface area contributed by atoms with Gasteiger partial charge in [-0.05, 0) is 27.7 Å². The third kappa shape index (κ3) is 5.33. The molecule has 1 fully saturated rings. The van der Waals surface area contributed by atoms with E-state index in [1.165, 1.54) is 0 Å². The van der Waals surface area contributed by atoms with Crippen LogP contribution in [0.15, 0.2) is 0 Å². The molecule has 5 nitrogen and oxygen atoms in total. The van der Waals surface area contributed by atoms with Crippen LogP contribution in [-0.4, -0.2) is 61.9 Å². The van der Waals surface area contributed by atoms with Gasteiger partial charge in [0.05, 0.1) is 24.9 Å². The third-order valence-electron chi connectivity index (χ3n) is 2.72. The first-order chi connectivity index (χ1) is 8.32. The van der Waals surface area contributed by atoms with E-state index in [1.54, 1.807) is 7.11 Å². The topological polar surface area (TPSA) is 50.8 Å². The average Bonchev–Trinajstić information content (AvgIpc) is 2.12. The maximum atomic E-state index is 11.8. The van der Waals surface area contributed by atoms with Crippen molar-refractivity contribution in [3.05, 3.63) is 0 Å². The minimum absolute atomic E-state index is 0.0330. The summed E-state index contributed by atoms with van der Waals surface area (Å²) in [7, 11) is 1.67. The average molecular weight is 258 g/mol. The smallest absolute Gasteiger partial charge is 0.234 e. The van der Waals surface area contributed by atoms with E-state index in [0.29, 0.717) is 13.2 Å². The Morgan fingerprint density at radius 3 is 2.78 bits per heavy atom. The molecule has 1 aliphatic heterocycles. The predicted octanol–water partition coefficient (Wildman–Crippen LogP) is 0.637. The van der Waals surface area contributed by atoms with Crippen LogP contribution in [-0.2, 0) is 14.3 Å². The summed E-state index contributed by atoms with van der Waals surface area (Å²) in [5.41, 5.74) is -0.237. The van der Waals surface area contributed by atoms with E-state index in [1.807, 2.05) is 27.7 Å². The van der Waals surface area contributed by atoms with Crippen LogP contribution in [0.25, 0.3) is 0 Å². The summed E-state index contributed by atoms with van der Waals surface area (Å²) < 4.78 is 11.0. The van der Waals surface area contributed by atoms with Gasteiger partial charge in [0, 0.05) is 26.2 Å². The van der Waals surface area contributed by atoms with Crippen molar-refractivity contribution in [3.8, 4) is 0 Å². The van der Waals surface area contributed by atoms with E-state index in [2.05, 4.69) is 10.2 Å². The molecule has 1 saturated heterocycles. The van der Waals surface area contributed by atoms with Crippen LogP contribution in [0.5, 0.6) is 0 Å². The zero-order valence-electron chi connectivity index (χ0n) is 12.2. The van der Waals surface area contributed by atoms with Crippen molar-refractivity contribution < 1.29 is 14.3 Å². The molecular weight excluding hydrogens is 232 g/mol. The molecule has 106 valence electrons. The van der Waals surface area contributed by atoms with Crippen LogP contribution >= 0.6 is 0 Å². The summed E-state index contributed by atoms with van der Waals surface area (Å²) in [6.45, 7) is 10.5. The third-order valence-corrected chi connectivity index (χ3v) is 2.72. The summed E-state index contributed by atoms with van der Waals surface area (Å²) in [6, 6.07) is 0.182. The van der Waals surface area contributed by atoms with Crippen molar-refractivity contribution in [1.29, 1.82) is 0 Å². The molecular formula is C13H26N2O3. The van der Waals surface area contributed by atoms with Crippen molar-refractivity contribution in [2.75, 3.05) is 33.4 Å². The van der Waals surface area contributed by atoms with E-state index in [-0.39, 0.29) is 23.7 Å². The molecule has 0 aromatic carbocycles. The molecule has 1 aliphatic rings. The molecule has 1 amide bonds. The summed E-state index contributed by atoms with van der Waals surface area (Å²) in [5, 5.41) is 2.91. The minimum Gasteiger partial charge on any atom is -0.382 e. The SMILES string of the molecule is COC[C@H]1CN(CC(=O)NC(C)C)CC(C)(C)O1. The molecule has 5 heteroatoms. The zero-order valence-corrected chi connectivity index (χ0v) is 12.2. The second kappa shape index (κ2) is 6.50. The Balaban J connectivity index is 2.51. The molecule has 18 heavy (non-hydrogen) atoms. The molecule has 0 aromatic heterocycles. The van der Waals surface area contributed by atoms with Gasteiger partial charge in [-0.15, -0.1) is 0 Å². The number of morpholine rings is 1. The Bertz CT molecular complexity index is 279. The molecule has 1 N–H and O–H groups in total. The Hall–Kier alpha value is -0.650. The van der Waals surface area contributed by atoms with E-state index >= 15 is 0 Å². The van der Waals surface area contributed by atoms with Crippen molar-refractivity contribution in [2.24, 2.45) is 0 Å². The van der Waals surface area contributed by atoms with Crippen molar-refractivity contribution in [1.82, 2.24) is 10.2 Å². The number of hydrogen-bond acceptors (Lipinski definition) is 4. The lowest BCUT2D eigenvalue weighted by Crippen LogP contribution is -2.56. The maximum Gasteiger partial charge on any atom is 0.234 e. The molecule has 1 atom stereocenters. The zero-order chi connectivity index (χ0) is 13.8. The van der Waals surface area contributed by atoms with Crippen LogP contribution in [0.4, 0.5) is 0 Å². The van der Waals surface area contributed by atoms with Gasteiger partial charge in [0.2, 0.25) is 5.91 Å². The predicted molar refractivity (Wildman–Crippen MR) is 70.5 cm³/mol. The first kappa shape index (κ1) is 15.4. The van der Waals surface area contributed by atoms with Gasteiger partial charge in [-0.25, -0.2) is 0 Å². The molecule has 1 rings (SSSR count). The van der Waals surface area contributed by atoms with Gasteiger partial charge >= 0.3 is 0 Å². The fourth-order valence-corrected chi connectivity index (χ4v) is 2.38. The number of amides is 1. The van der Waals surface area contributed by atoms with Crippen LogP contribution in [0.3, 0.4) is 0 Å². The van der Waals surface area contributed by atoms with Crippen LogP contribution < -0.4 is 5.32 Å². The highest BCUT2D eigenvalue weighted by Gasteiger charge is 2.33. The van der Waals surface area contributed by atoms with Crippen molar-refractivity contribution >= 4 is 5.91 Å². The summed E-state index contributed by atoms with van der Waals surface area (Å²) in [6.07, 6.45) is 0.0330. The number of nitrogens with zero attached hydrogens (tertiary/aromatic N) is 1. The standard InChI is InChI=1S/C13H26N2O3/c1-10(2)14-12(16)7-15-6-11(8-17-5)18-13(3,4)9-15/h10-11H,6-9H2,1-5H3,(H,14,16)/t11-/m1/s1. The monoisotopic (exact) mass is 258 g/mol. The molecule has 0 radical (unpaired) electrons. The number of hydrogen-bond donors (Lipinski definition) is 1. The lowest BCUT2D eigenvalue weighted by atomic mass is 10.1. The fraction of sp³-hybridized carbons (Fsp3) is 0.923. The quantitative estimate of drug-likeness (QED) is 0.786. The lowest BCUT2D eigenvalue weighted by Gasteiger charge is -2.42. The summed E-state index contributed by atoms with van der Waals surface area (Å²) in [5.74, 6) is 0.0684. The molecule has 1 heterocycles. The highest BCUT2D eigenvalue weighted by Crippen LogP contribution is 2.20. The van der Waals surface area contributed by atoms with Crippen molar-refractivity contribution in [3.63, 3.8) is 0 Å². The fourth-order valence-electron chi connectivity index (χ4n) is 2.38. The largest absolute Gasteiger partial charge is 0.382 e. The highest BCUT2D eigenvalue weighted by atomic mass is 16.5. The van der Waals surface area contributed by atoms with E-state index in [0.717, 1.165) is 13.1 Å². The maximum absolute atomic E-state index is 11.8. The number of carbonyl (C=O) groups excluding carboxylic acids is 1. The molecule has 0 spiro atoms. The lowest BCUT2D eigenvalue weighted by molar-refractivity contribution is -0.156. The van der Waals surface area contributed by atoms with Crippen molar-refractivity contribution in [2.45, 2.75) is 45.4 Å². The van der Waals surface area contributed by atoms with Crippen LogP contribution in [0.1, 0.15) is 27.7 Å². The van der Waals surface area contributed by atoms with Gasteiger partial charge in [-0.1, -0.05) is 0 Å². The second-order valence-corrected chi connectivity index (χ2v) is 5.85. The Morgan fingerprint density at radius 2 is 2.22 bits per heavy atom. The van der Waals surface area contributed by atoms with Gasteiger partial charge in [0.1, 0.15) is 0 Å². The minimum atomic E-state index is -0.237. The van der Waals surface area contributed by atoms with Crippen LogP contribution in [0.2, 0.25) is 0 Å². The summed E-state index contributed by atoms with van der Waals surface area (Å²) >= 11 is 0. The summed E-state index contributed by atoms with van der Waals surface area (Å²) in [4.78, 5) is 13.9. The van der Waals surface area contributed by atoms with Crippen LogP contribution in [0, 0.1) is 0 Å². The van der Waals surface area contributed by atoms with Gasteiger partial charge < -0.3 is 14.8 Å². The normalized spacial score (nSPS) is 24.2. The second-order valence-electron chi connectivity index (χ2n) is 5.85. The molecule has 0 saturated carbocycles. The van der Waals surface area contributed by atoms with Gasteiger partial charge in [0.25, 0.3) is 0 Å². The molecule has 0 aliphatic carbocycles. The number of methoxy groups -OCH3 is 1. The highest BCUT2D eigenvalue weighted by molar-refractivity contribution is 5.78. The van der Waals surface area contributed by atoms with E-state index in [9.17, 15) is 4.79 Å². The molecule has 0 unspecified atom stereocenters. The van der Waals surface area contributed by atoms with E-state index in [4.69, 9.17) is 9.47 Å². The number of nitrogens with one attached hydrogen (secondary N) is 1. The Labute approximate surface area is 110 Å². The Morgan fingerprint density at radius 1 is 1.56 bits per heavy atom. The molecule has 0 bridgehead atoms. The first-order valence-corrected chi connectivity index (χ1v) is 6.51. The molecule has 0 aromatic rings. The van der Waals surface area contributed by atoms with Gasteiger partial charge in [0.15, 0.2) is 0 Å². The first-order valence-electron chi connectivity index (χ1n) is 6.51. The van der Waals surface area contributed by atoms with Gasteiger partial charge in [-0.2, -0.15) is 0 Å². The number of ether oxygens (including phenoxy) is 2. The Kier molecular flexibility index (Phi) is 5.56.